The Kier molecular flexibility index (Phi) is 3.30. The van der Waals surface area contributed by atoms with Crippen LogP contribution in [0.1, 0.15) is 12.8 Å². The molecule has 2 heterocycles. The van der Waals surface area contributed by atoms with Crippen LogP contribution in [0.15, 0.2) is 30.6 Å². The van der Waals surface area contributed by atoms with E-state index in [1.807, 2.05) is 12.4 Å². The molecule has 1 aromatic heterocycles. The fourth-order valence-electron chi connectivity index (χ4n) is 2.72. The van der Waals surface area contributed by atoms with E-state index in [1.54, 1.807) is 0 Å². The normalized spacial score (nSPS) is 20.8. The maximum atomic E-state index is 5.91. The lowest BCUT2D eigenvalue weighted by Gasteiger charge is -2.15. The first-order valence-electron chi connectivity index (χ1n) is 6.71. The molecule has 1 fully saturated rings. The van der Waals surface area contributed by atoms with E-state index in [4.69, 9.17) is 5.73 Å². The number of aromatic nitrogens is 2. The van der Waals surface area contributed by atoms with Gasteiger partial charge < -0.3 is 15.2 Å². The van der Waals surface area contributed by atoms with Crippen LogP contribution in [0.5, 0.6) is 0 Å². The van der Waals surface area contributed by atoms with Crippen LogP contribution in [0.25, 0.3) is 11.0 Å². The van der Waals surface area contributed by atoms with E-state index in [0.29, 0.717) is 6.04 Å². The smallest absolute Gasteiger partial charge is 0.0958 e. The molecule has 0 aliphatic carbocycles. The molecule has 4 nitrogen and oxygen atoms in total. The summed E-state index contributed by atoms with van der Waals surface area (Å²) in [5.41, 5.74) is 8.23. The number of aryl methyl sites for hydroxylation is 1. The maximum Gasteiger partial charge on any atom is 0.0958 e. The summed E-state index contributed by atoms with van der Waals surface area (Å²) in [5.74, 6) is 0. The highest BCUT2D eigenvalue weighted by molar-refractivity contribution is 5.74. The van der Waals surface area contributed by atoms with Crippen molar-refractivity contribution in [1.82, 2.24) is 14.5 Å². The predicted molar refractivity (Wildman–Crippen MR) is 73.4 cm³/mol. The first-order valence-corrected chi connectivity index (χ1v) is 6.71. The fraction of sp³-hybridized carbons (Fsp3) is 0.500. The molecule has 0 spiro atoms. The molecule has 1 aliphatic rings. The van der Waals surface area contributed by atoms with Crippen molar-refractivity contribution < 1.29 is 0 Å². The minimum absolute atomic E-state index is 0.388. The molecular formula is C14H20N4. The number of rotatable bonds is 4. The lowest BCUT2D eigenvalue weighted by Crippen LogP contribution is -2.27. The van der Waals surface area contributed by atoms with Crippen LogP contribution in [0, 0.1) is 0 Å². The zero-order valence-corrected chi connectivity index (χ0v) is 10.6. The summed E-state index contributed by atoms with van der Waals surface area (Å²) in [6.07, 6.45) is 4.25. The molecule has 0 saturated carbocycles. The quantitative estimate of drug-likeness (QED) is 0.885. The predicted octanol–water partition coefficient (Wildman–Crippen LogP) is 1.46. The van der Waals surface area contributed by atoms with Gasteiger partial charge in [-0.1, -0.05) is 12.1 Å². The third kappa shape index (κ3) is 2.40. The highest BCUT2D eigenvalue weighted by Crippen LogP contribution is 2.13. The monoisotopic (exact) mass is 244 g/mol. The van der Waals surface area contributed by atoms with Crippen LogP contribution in [0.3, 0.4) is 0 Å². The van der Waals surface area contributed by atoms with Gasteiger partial charge in [0.2, 0.25) is 0 Å². The molecule has 0 amide bonds. The number of nitrogens with zero attached hydrogens (tertiary/aromatic N) is 3. The molecule has 2 aromatic rings. The van der Waals surface area contributed by atoms with Crippen LogP contribution in [0.4, 0.5) is 0 Å². The zero-order valence-electron chi connectivity index (χ0n) is 10.6. The first kappa shape index (κ1) is 11.7. The van der Waals surface area contributed by atoms with Gasteiger partial charge in [0.25, 0.3) is 0 Å². The number of nitrogens with two attached hydrogens (primary N) is 1. The number of imidazole rings is 1. The Bertz CT molecular complexity index is 519. The van der Waals surface area contributed by atoms with Crippen molar-refractivity contribution in [3.05, 3.63) is 30.6 Å². The Hall–Kier alpha value is -1.39. The van der Waals surface area contributed by atoms with E-state index in [9.17, 15) is 0 Å². The van der Waals surface area contributed by atoms with Gasteiger partial charge >= 0.3 is 0 Å². The van der Waals surface area contributed by atoms with Gasteiger partial charge in [-0.3, -0.25) is 0 Å². The van der Waals surface area contributed by atoms with Crippen molar-refractivity contribution in [3.8, 4) is 0 Å². The van der Waals surface area contributed by atoms with E-state index in [1.165, 1.54) is 5.52 Å². The van der Waals surface area contributed by atoms with Crippen LogP contribution >= 0.6 is 0 Å². The van der Waals surface area contributed by atoms with Gasteiger partial charge in [0, 0.05) is 19.1 Å². The molecule has 2 N–H and O–H groups in total. The van der Waals surface area contributed by atoms with E-state index >= 15 is 0 Å². The highest BCUT2D eigenvalue weighted by atomic mass is 15.2. The van der Waals surface area contributed by atoms with E-state index in [2.05, 4.69) is 32.7 Å². The third-order valence-electron chi connectivity index (χ3n) is 3.71. The van der Waals surface area contributed by atoms with Crippen LogP contribution < -0.4 is 5.73 Å². The second-order valence-electron chi connectivity index (χ2n) is 5.13. The average molecular weight is 244 g/mol. The van der Waals surface area contributed by atoms with E-state index in [0.717, 1.165) is 44.5 Å². The molecule has 1 aliphatic heterocycles. The maximum absolute atomic E-state index is 5.91. The Balaban J connectivity index is 1.57. The van der Waals surface area contributed by atoms with Crippen molar-refractivity contribution in [3.63, 3.8) is 0 Å². The molecule has 4 heteroatoms. The van der Waals surface area contributed by atoms with Crippen LogP contribution in [-0.2, 0) is 6.54 Å². The summed E-state index contributed by atoms with van der Waals surface area (Å²) in [7, 11) is 0. The Morgan fingerprint density at radius 2 is 2.17 bits per heavy atom. The zero-order chi connectivity index (χ0) is 12.4. The summed E-state index contributed by atoms with van der Waals surface area (Å²) < 4.78 is 2.24. The van der Waals surface area contributed by atoms with Gasteiger partial charge in [-0.2, -0.15) is 0 Å². The molecule has 1 aromatic carbocycles. The van der Waals surface area contributed by atoms with Gasteiger partial charge in [0.1, 0.15) is 0 Å². The summed E-state index contributed by atoms with van der Waals surface area (Å²) in [5, 5.41) is 0. The summed E-state index contributed by atoms with van der Waals surface area (Å²) in [6.45, 7) is 4.39. The standard InChI is InChI=1S/C14H20N4/c15-12-6-9-17(10-12)7-3-8-18-11-16-13-4-1-2-5-14(13)18/h1-2,4-5,11-12H,3,6-10,15H2/t12-/m1/s1. The van der Waals surface area contributed by atoms with Gasteiger partial charge in [0.15, 0.2) is 0 Å². The van der Waals surface area contributed by atoms with Crippen molar-refractivity contribution in [2.45, 2.75) is 25.4 Å². The molecule has 0 bridgehead atoms. The van der Waals surface area contributed by atoms with E-state index < -0.39 is 0 Å². The Labute approximate surface area is 107 Å². The molecule has 1 atom stereocenters. The summed E-state index contributed by atoms with van der Waals surface area (Å²) >= 11 is 0. The first-order chi connectivity index (χ1) is 8.83. The summed E-state index contributed by atoms with van der Waals surface area (Å²) in [4.78, 5) is 6.87. The fourth-order valence-corrected chi connectivity index (χ4v) is 2.72. The van der Waals surface area contributed by atoms with Crippen LogP contribution in [0.2, 0.25) is 0 Å². The lowest BCUT2D eigenvalue weighted by atomic mass is 10.3. The van der Waals surface area contributed by atoms with Crippen LogP contribution in [-0.4, -0.2) is 40.1 Å². The number of hydrogen-bond donors (Lipinski definition) is 1. The van der Waals surface area contributed by atoms with Gasteiger partial charge in [-0.25, -0.2) is 4.98 Å². The summed E-state index contributed by atoms with van der Waals surface area (Å²) in [6, 6.07) is 8.68. The largest absolute Gasteiger partial charge is 0.331 e. The number of likely N-dealkylation sites (tertiary alicyclic amines) is 1. The lowest BCUT2D eigenvalue weighted by molar-refractivity contribution is 0.322. The number of fused-ring (bicyclic) bond motifs is 1. The molecule has 0 unspecified atom stereocenters. The Morgan fingerprint density at radius 3 is 3.00 bits per heavy atom. The molecule has 96 valence electrons. The second-order valence-corrected chi connectivity index (χ2v) is 5.13. The molecule has 0 radical (unpaired) electrons. The van der Waals surface area contributed by atoms with Crippen molar-refractivity contribution in [1.29, 1.82) is 0 Å². The molecule has 18 heavy (non-hydrogen) atoms. The second kappa shape index (κ2) is 5.08. The van der Waals surface area contributed by atoms with E-state index in [-0.39, 0.29) is 0 Å². The number of para-hydroxylation sites is 2. The van der Waals surface area contributed by atoms with Crippen molar-refractivity contribution >= 4 is 11.0 Å². The number of benzene rings is 1. The third-order valence-corrected chi connectivity index (χ3v) is 3.71. The van der Waals surface area contributed by atoms with Crippen molar-refractivity contribution in [2.24, 2.45) is 5.73 Å². The SMILES string of the molecule is N[C@@H]1CCN(CCCn2cnc3ccccc32)C1. The topological polar surface area (TPSA) is 47.1 Å². The van der Waals surface area contributed by atoms with Crippen molar-refractivity contribution in [2.75, 3.05) is 19.6 Å². The minimum Gasteiger partial charge on any atom is -0.331 e. The van der Waals surface area contributed by atoms with Gasteiger partial charge in [-0.15, -0.1) is 0 Å². The molecule has 1 saturated heterocycles. The Morgan fingerprint density at radius 1 is 1.28 bits per heavy atom. The highest BCUT2D eigenvalue weighted by Gasteiger charge is 2.17. The van der Waals surface area contributed by atoms with Gasteiger partial charge in [-0.05, 0) is 38.1 Å². The average Bonchev–Trinajstić information content (AvgIpc) is 2.97. The molecular weight excluding hydrogens is 224 g/mol. The number of hydrogen-bond acceptors (Lipinski definition) is 3. The molecule has 3 rings (SSSR count). The minimum atomic E-state index is 0.388. The van der Waals surface area contributed by atoms with Gasteiger partial charge in [0.05, 0.1) is 17.4 Å².